The van der Waals surface area contributed by atoms with Crippen molar-refractivity contribution in [2.24, 2.45) is 5.73 Å². The number of aromatic nitrogens is 1. The number of thiazole rings is 1. The number of methoxy groups -OCH3 is 1. The number of nitrogens with two attached hydrogens (primary N) is 1. The quantitative estimate of drug-likeness (QED) is 0.824. The van der Waals surface area contributed by atoms with Crippen molar-refractivity contribution < 1.29 is 9.53 Å². The number of carbonyl (C=O) groups excluding carboxylic acids is 1. The third-order valence-electron chi connectivity index (χ3n) is 2.81. The number of rotatable bonds is 6. The Morgan fingerprint density at radius 2 is 2.27 bits per heavy atom. The van der Waals surface area contributed by atoms with Gasteiger partial charge in [-0.2, -0.15) is 0 Å². The van der Waals surface area contributed by atoms with Crippen LogP contribution in [-0.2, 0) is 4.79 Å². The number of carbonyl (C=O) groups is 1. The molecule has 2 rings (SSSR count). The zero-order valence-electron chi connectivity index (χ0n) is 12.0. The van der Waals surface area contributed by atoms with E-state index in [4.69, 9.17) is 22.1 Å². The molecule has 1 amide bonds. The zero-order valence-corrected chi connectivity index (χ0v) is 14.4. The Hall–Kier alpha value is -1.34. The van der Waals surface area contributed by atoms with Crippen LogP contribution in [0.4, 0.5) is 5.13 Å². The molecule has 0 saturated carbocycles. The predicted molar refractivity (Wildman–Crippen MR) is 93.3 cm³/mol. The molecular weight excluding hydrogens is 345 g/mol. The van der Waals surface area contributed by atoms with Gasteiger partial charge in [-0.3, -0.25) is 4.79 Å². The number of hydrogen-bond acceptors (Lipinski definition) is 5. The van der Waals surface area contributed by atoms with Gasteiger partial charge in [-0.05, 0) is 31.2 Å². The summed E-state index contributed by atoms with van der Waals surface area (Å²) >= 11 is 7.47. The lowest BCUT2D eigenvalue weighted by atomic mass is 10.2. The number of anilines is 1. The van der Waals surface area contributed by atoms with E-state index in [-0.39, 0.29) is 18.3 Å². The number of amides is 1. The van der Waals surface area contributed by atoms with Crippen LogP contribution >= 0.6 is 35.3 Å². The van der Waals surface area contributed by atoms with Crippen molar-refractivity contribution in [1.29, 1.82) is 0 Å². The molecule has 2 aromatic rings. The molecule has 5 nitrogen and oxygen atoms in total. The maximum absolute atomic E-state index is 11.6. The Kier molecular flexibility index (Phi) is 7.61. The van der Waals surface area contributed by atoms with Gasteiger partial charge in [0.1, 0.15) is 5.75 Å². The summed E-state index contributed by atoms with van der Waals surface area (Å²) in [5.41, 5.74) is 7.01. The average molecular weight is 362 g/mol. The Balaban J connectivity index is 0.00000242. The number of nitrogens with one attached hydrogen (secondary N) is 1. The highest BCUT2D eigenvalue weighted by atomic mass is 35.5. The number of ether oxygens (including phenoxy) is 1. The molecule has 0 aliphatic heterocycles. The van der Waals surface area contributed by atoms with Crippen LogP contribution in [0.2, 0.25) is 5.02 Å². The predicted octanol–water partition coefficient (Wildman–Crippen LogP) is 3.57. The molecule has 22 heavy (non-hydrogen) atoms. The first-order valence-electron chi connectivity index (χ1n) is 6.43. The van der Waals surface area contributed by atoms with Crippen molar-refractivity contribution >= 4 is 46.4 Å². The molecule has 0 atom stereocenters. The fraction of sp³-hybridized carbons (Fsp3) is 0.286. The minimum absolute atomic E-state index is 0. The van der Waals surface area contributed by atoms with E-state index in [0.717, 1.165) is 11.3 Å². The monoisotopic (exact) mass is 361 g/mol. The molecule has 1 aromatic carbocycles. The highest BCUT2D eigenvalue weighted by molar-refractivity contribution is 7.14. The summed E-state index contributed by atoms with van der Waals surface area (Å²) in [5, 5.41) is 5.72. The fourth-order valence-corrected chi connectivity index (χ4v) is 2.73. The number of nitrogens with zero attached hydrogens (tertiary/aromatic N) is 1. The molecule has 0 unspecified atom stereocenters. The van der Waals surface area contributed by atoms with Gasteiger partial charge in [-0.1, -0.05) is 11.6 Å². The smallest absolute Gasteiger partial charge is 0.226 e. The van der Waals surface area contributed by atoms with Crippen LogP contribution < -0.4 is 15.8 Å². The van der Waals surface area contributed by atoms with E-state index in [9.17, 15) is 4.79 Å². The Morgan fingerprint density at radius 1 is 1.50 bits per heavy atom. The fourth-order valence-electron chi connectivity index (χ4n) is 1.73. The van der Waals surface area contributed by atoms with Crippen LogP contribution in [0.1, 0.15) is 12.8 Å². The van der Waals surface area contributed by atoms with Gasteiger partial charge in [0.05, 0.1) is 17.8 Å². The van der Waals surface area contributed by atoms with Crippen LogP contribution in [0.25, 0.3) is 11.3 Å². The highest BCUT2D eigenvalue weighted by Crippen LogP contribution is 2.31. The summed E-state index contributed by atoms with van der Waals surface area (Å²) in [6, 6.07) is 5.45. The molecule has 3 N–H and O–H groups in total. The molecule has 8 heteroatoms. The van der Waals surface area contributed by atoms with Crippen LogP contribution in [0, 0.1) is 0 Å². The van der Waals surface area contributed by atoms with Crippen molar-refractivity contribution in [2.75, 3.05) is 19.0 Å². The summed E-state index contributed by atoms with van der Waals surface area (Å²) in [7, 11) is 1.57. The number of benzene rings is 1. The lowest BCUT2D eigenvalue weighted by Gasteiger charge is -2.04. The first kappa shape index (κ1) is 18.7. The Labute approximate surface area is 144 Å². The Bertz CT molecular complexity index is 634. The first-order valence-corrected chi connectivity index (χ1v) is 7.69. The van der Waals surface area contributed by atoms with Crippen LogP contribution in [0.15, 0.2) is 23.6 Å². The van der Waals surface area contributed by atoms with E-state index in [1.54, 1.807) is 19.2 Å². The standard InChI is InChI=1S/C14H16ClN3O2S.ClH/c1-20-12-5-4-9(7-10(12)15)11-8-21-14(17-11)18-13(19)3-2-6-16;/h4-5,7-8H,2-3,6,16H2,1H3,(H,17,18,19);1H. The summed E-state index contributed by atoms with van der Waals surface area (Å²) in [5.74, 6) is 0.542. The second kappa shape index (κ2) is 8.95. The van der Waals surface area contributed by atoms with Gasteiger partial charge < -0.3 is 15.8 Å². The second-order valence-electron chi connectivity index (χ2n) is 4.33. The molecule has 0 aliphatic rings. The van der Waals surface area contributed by atoms with Crippen LogP contribution in [-0.4, -0.2) is 24.5 Å². The van der Waals surface area contributed by atoms with E-state index in [1.807, 2.05) is 11.4 Å². The number of halogens is 2. The molecule has 0 bridgehead atoms. The van der Waals surface area contributed by atoms with Crippen molar-refractivity contribution in [2.45, 2.75) is 12.8 Å². The van der Waals surface area contributed by atoms with Gasteiger partial charge in [0, 0.05) is 17.4 Å². The Morgan fingerprint density at radius 3 is 2.91 bits per heavy atom. The molecule has 0 saturated heterocycles. The van der Waals surface area contributed by atoms with Gasteiger partial charge in [0.25, 0.3) is 0 Å². The largest absolute Gasteiger partial charge is 0.495 e. The molecule has 0 aliphatic carbocycles. The highest BCUT2D eigenvalue weighted by Gasteiger charge is 2.09. The number of hydrogen-bond donors (Lipinski definition) is 2. The van der Waals surface area contributed by atoms with Crippen LogP contribution in [0.3, 0.4) is 0 Å². The van der Waals surface area contributed by atoms with Crippen molar-refractivity contribution in [3.63, 3.8) is 0 Å². The van der Waals surface area contributed by atoms with Crippen molar-refractivity contribution in [3.05, 3.63) is 28.6 Å². The van der Waals surface area contributed by atoms with E-state index in [2.05, 4.69) is 10.3 Å². The minimum atomic E-state index is -0.0749. The van der Waals surface area contributed by atoms with Gasteiger partial charge in [-0.25, -0.2) is 4.98 Å². The van der Waals surface area contributed by atoms with Crippen molar-refractivity contribution in [1.82, 2.24) is 4.98 Å². The summed E-state index contributed by atoms with van der Waals surface area (Å²) < 4.78 is 5.11. The normalized spacial score (nSPS) is 9.95. The lowest BCUT2D eigenvalue weighted by Crippen LogP contribution is -2.13. The lowest BCUT2D eigenvalue weighted by molar-refractivity contribution is -0.116. The van der Waals surface area contributed by atoms with Crippen molar-refractivity contribution in [3.8, 4) is 17.0 Å². The summed E-state index contributed by atoms with van der Waals surface area (Å²) in [6.45, 7) is 0.501. The third kappa shape index (κ3) is 4.84. The van der Waals surface area contributed by atoms with Gasteiger partial charge in [-0.15, -0.1) is 23.7 Å². The maximum atomic E-state index is 11.6. The van der Waals surface area contributed by atoms with E-state index in [0.29, 0.717) is 35.3 Å². The molecule has 0 spiro atoms. The molecule has 120 valence electrons. The third-order valence-corrected chi connectivity index (χ3v) is 3.86. The van der Waals surface area contributed by atoms with E-state index < -0.39 is 0 Å². The molecule has 0 radical (unpaired) electrons. The molecular formula is C14H17Cl2N3O2S. The summed E-state index contributed by atoms with van der Waals surface area (Å²) in [6.07, 6.45) is 1.07. The summed E-state index contributed by atoms with van der Waals surface area (Å²) in [4.78, 5) is 16.0. The van der Waals surface area contributed by atoms with Gasteiger partial charge in [0.2, 0.25) is 5.91 Å². The minimum Gasteiger partial charge on any atom is -0.495 e. The second-order valence-corrected chi connectivity index (χ2v) is 5.59. The van der Waals surface area contributed by atoms with Gasteiger partial charge in [0.15, 0.2) is 5.13 Å². The molecule has 1 aromatic heterocycles. The van der Waals surface area contributed by atoms with E-state index in [1.165, 1.54) is 11.3 Å². The zero-order chi connectivity index (χ0) is 15.2. The average Bonchev–Trinajstić information content (AvgIpc) is 2.93. The van der Waals surface area contributed by atoms with Gasteiger partial charge >= 0.3 is 0 Å². The topological polar surface area (TPSA) is 77.2 Å². The molecule has 0 fully saturated rings. The van der Waals surface area contributed by atoms with Crippen LogP contribution in [0.5, 0.6) is 5.75 Å². The van der Waals surface area contributed by atoms with E-state index >= 15 is 0 Å². The maximum Gasteiger partial charge on any atom is 0.226 e. The first-order chi connectivity index (χ1) is 10.1. The SMILES string of the molecule is COc1ccc(-c2csc(NC(=O)CCCN)n2)cc1Cl.Cl. The molecule has 1 heterocycles.